The number of rotatable bonds is 4. The molecule has 106 valence electrons. The third-order valence-corrected chi connectivity index (χ3v) is 4.44. The summed E-state index contributed by atoms with van der Waals surface area (Å²) in [4.78, 5) is 12.1. The molecule has 0 radical (unpaired) electrons. The van der Waals surface area contributed by atoms with Gasteiger partial charge in [-0.25, -0.2) is 0 Å². The van der Waals surface area contributed by atoms with E-state index in [1.165, 1.54) is 11.3 Å². The number of carbonyl (C=O) groups is 1. The molecule has 0 fully saturated rings. The van der Waals surface area contributed by atoms with Crippen LogP contribution in [0.4, 0.5) is 5.13 Å². The van der Waals surface area contributed by atoms with E-state index in [4.69, 9.17) is 0 Å². The van der Waals surface area contributed by atoms with Gasteiger partial charge in [0.2, 0.25) is 5.13 Å². The molecule has 6 heteroatoms. The maximum absolute atomic E-state index is 12.1. The summed E-state index contributed by atoms with van der Waals surface area (Å²) < 4.78 is 0.990. The van der Waals surface area contributed by atoms with Crippen LogP contribution in [0.2, 0.25) is 0 Å². The van der Waals surface area contributed by atoms with Crippen molar-refractivity contribution in [1.29, 1.82) is 0 Å². The lowest BCUT2D eigenvalue weighted by Gasteiger charge is -2.03. The van der Waals surface area contributed by atoms with Crippen molar-refractivity contribution in [2.75, 3.05) is 5.32 Å². The molecular weight excluding hydrogens is 338 g/mol. The fourth-order valence-electron chi connectivity index (χ4n) is 1.69. The van der Waals surface area contributed by atoms with Gasteiger partial charge in [-0.05, 0) is 36.6 Å². The lowest BCUT2D eigenvalue weighted by molar-refractivity contribution is 0.102. The predicted molar refractivity (Wildman–Crippen MR) is 85.3 cm³/mol. The number of anilines is 1. The Hall–Kier alpha value is -1.27. The molecule has 0 aliphatic rings. The lowest BCUT2D eigenvalue weighted by atomic mass is 10.1. The molecule has 0 saturated heterocycles. The largest absolute Gasteiger partial charge is 0.296 e. The fourth-order valence-corrected chi connectivity index (χ4v) is 2.88. The number of hydrogen-bond donors (Lipinski definition) is 1. The molecule has 2 rings (SSSR count). The van der Waals surface area contributed by atoms with Crippen molar-refractivity contribution in [3.8, 4) is 0 Å². The van der Waals surface area contributed by atoms with Crippen LogP contribution in [-0.2, 0) is 6.42 Å². The van der Waals surface area contributed by atoms with Gasteiger partial charge in [0.05, 0.1) is 0 Å². The number of amides is 1. The molecule has 0 aliphatic heterocycles. The summed E-state index contributed by atoms with van der Waals surface area (Å²) in [6.07, 6.45) is 0.880. The monoisotopic (exact) mass is 353 g/mol. The second kappa shape index (κ2) is 6.45. The summed E-state index contributed by atoms with van der Waals surface area (Å²) in [5.41, 5.74) is 1.64. The average molecular weight is 354 g/mol. The van der Waals surface area contributed by atoms with Crippen LogP contribution in [0.1, 0.15) is 34.8 Å². The first kappa shape index (κ1) is 15.1. The van der Waals surface area contributed by atoms with Crippen LogP contribution < -0.4 is 5.32 Å². The molecule has 1 heterocycles. The van der Waals surface area contributed by atoms with Crippen LogP contribution in [-0.4, -0.2) is 16.1 Å². The Morgan fingerprint density at radius 1 is 1.40 bits per heavy atom. The maximum atomic E-state index is 12.1. The van der Waals surface area contributed by atoms with Gasteiger partial charge >= 0.3 is 0 Å². The van der Waals surface area contributed by atoms with E-state index in [0.29, 0.717) is 16.6 Å². The third-order valence-electron chi connectivity index (χ3n) is 2.69. The summed E-state index contributed by atoms with van der Waals surface area (Å²) in [5, 5.41) is 12.4. The number of carbonyl (C=O) groups excluding carboxylic acids is 1. The van der Waals surface area contributed by atoms with Crippen LogP contribution >= 0.6 is 27.3 Å². The van der Waals surface area contributed by atoms with Crippen molar-refractivity contribution in [2.45, 2.75) is 27.2 Å². The molecule has 0 spiro atoms. The molecule has 0 aliphatic carbocycles. The van der Waals surface area contributed by atoms with E-state index in [1.54, 1.807) is 6.07 Å². The van der Waals surface area contributed by atoms with Gasteiger partial charge in [0.25, 0.3) is 5.91 Å². The zero-order chi connectivity index (χ0) is 14.7. The number of halogens is 1. The van der Waals surface area contributed by atoms with Crippen molar-refractivity contribution in [2.24, 2.45) is 5.92 Å². The second-order valence-electron chi connectivity index (χ2n) is 5.02. The van der Waals surface area contributed by atoms with E-state index in [0.717, 1.165) is 21.5 Å². The molecule has 1 N–H and O–H groups in total. The molecule has 2 aromatic rings. The number of nitrogens with one attached hydrogen (secondary N) is 1. The standard InChI is InChI=1S/C14H16BrN3OS/c1-8(2)6-12-17-18-14(20-12)16-13(19)10-4-5-11(15)9(3)7-10/h4-5,7-8H,6H2,1-3H3,(H,16,18,19). The second-order valence-corrected chi connectivity index (χ2v) is 6.93. The smallest absolute Gasteiger partial charge is 0.257 e. The molecule has 0 saturated carbocycles. The van der Waals surface area contributed by atoms with Gasteiger partial charge in [-0.1, -0.05) is 41.1 Å². The van der Waals surface area contributed by atoms with Gasteiger partial charge in [-0.3, -0.25) is 10.1 Å². The van der Waals surface area contributed by atoms with Crippen molar-refractivity contribution >= 4 is 38.3 Å². The average Bonchev–Trinajstić information content (AvgIpc) is 2.79. The molecule has 20 heavy (non-hydrogen) atoms. The van der Waals surface area contributed by atoms with Crippen LogP contribution in [0, 0.1) is 12.8 Å². The summed E-state index contributed by atoms with van der Waals surface area (Å²) in [5.74, 6) is 0.369. The maximum Gasteiger partial charge on any atom is 0.257 e. The van der Waals surface area contributed by atoms with Crippen molar-refractivity contribution in [1.82, 2.24) is 10.2 Å². The normalized spacial score (nSPS) is 10.8. The van der Waals surface area contributed by atoms with Gasteiger partial charge in [-0.15, -0.1) is 10.2 Å². The highest BCUT2D eigenvalue weighted by Gasteiger charge is 2.11. The molecule has 0 bridgehead atoms. The molecule has 1 aromatic heterocycles. The minimum Gasteiger partial charge on any atom is -0.296 e. The lowest BCUT2D eigenvalue weighted by Crippen LogP contribution is -2.11. The van der Waals surface area contributed by atoms with Gasteiger partial charge < -0.3 is 0 Å². The van der Waals surface area contributed by atoms with E-state index < -0.39 is 0 Å². The molecular formula is C14H16BrN3OS. The Bertz CT molecular complexity index is 625. The van der Waals surface area contributed by atoms with Gasteiger partial charge in [-0.2, -0.15) is 0 Å². The third kappa shape index (κ3) is 3.86. The Kier molecular flexibility index (Phi) is 4.88. The highest BCUT2D eigenvalue weighted by molar-refractivity contribution is 9.10. The van der Waals surface area contributed by atoms with Crippen molar-refractivity contribution in [3.05, 3.63) is 38.8 Å². The highest BCUT2D eigenvalue weighted by atomic mass is 79.9. The van der Waals surface area contributed by atoms with E-state index in [9.17, 15) is 4.79 Å². The molecule has 1 aromatic carbocycles. The fraction of sp³-hybridized carbons (Fsp3) is 0.357. The SMILES string of the molecule is Cc1cc(C(=O)Nc2nnc(CC(C)C)s2)ccc1Br. The first-order chi connectivity index (χ1) is 9.45. The quantitative estimate of drug-likeness (QED) is 0.901. The van der Waals surface area contributed by atoms with Crippen molar-refractivity contribution in [3.63, 3.8) is 0 Å². The van der Waals surface area contributed by atoms with Crippen LogP contribution in [0.5, 0.6) is 0 Å². The van der Waals surface area contributed by atoms with Gasteiger partial charge in [0, 0.05) is 16.5 Å². The van der Waals surface area contributed by atoms with E-state index in [2.05, 4.69) is 45.3 Å². The van der Waals surface area contributed by atoms with Crippen molar-refractivity contribution < 1.29 is 4.79 Å². The van der Waals surface area contributed by atoms with E-state index >= 15 is 0 Å². The van der Waals surface area contributed by atoms with Crippen LogP contribution in [0.25, 0.3) is 0 Å². The minimum atomic E-state index is -0.159. The first-order valence-corrected chi connectivity index (χ1v) is 7.96. The van der Waals surface area contributed by atoms with E-state index in [-0.39, 0.29) is 5.91 Å². The zero-order valence-electron chi connectivity index (χ0n) is 11.6. The molecule has 4 nitrogen and oxygen atoms in total. The first-order valence-electron chi connectivity index (χ1n) is 6.35. The van der Waals surface area contributed by atoms with Gasteiger partial charge in [0.1, 0.15) is 5.01 Å². The zero-order valence-corrected chi connectivity index (χ0v) is 14.0. The topological polar surface area (TPSA) is 54.9 Å². The van der Waals surface area contributed by atoms with Crippen LogP contribution in [0.15, 0.2) is 22.7 Å². The van der Waals surface area contributed by atoms with Crippen LogP contribution in [0.3, 0.4) is 0 Å². The van der Waals surface area contributed by atoms with Gasteiger partial charge in [0.15, 0.2) is 0 Å². The summed E-state index contributed by atoms with van der Waals surface area (Å²) >= 11 is 4.85. The number of hydrogen-bond acceptors (Lipinski definition) is 4. The predicted octanol–water partition coefficient (Wildman–Crippen LogP) is 4.06. The molecule has 0 atom stereocenters. The Morgan fingerprint density at radius 3 is 2.80 bits per heavy atom. The van der Waals surface area contributed by atoms with E-state index in [1.807, 2.05) is 19.1 Å². The number of aromatic nitrogens is 2. The number of aryl methyl sites for hydroxylation is 1. The number of benzene rings is 1. The Labute approximate surface area is 130 Å². The Morgan fingerprint density at radius 2 is 2.15 bits per heavy atom. The summed E-state index contributed by atoms with van der Waals surface area (Å²) in [7, 11) is 0. The summed E-state index contributed by atoms with van der Waals surface area (Å²) in [6, 6.07) is 5.49. The molecule has 0 unspecified atom stereocenters. The minimum absolute atomic E-state index is 0.159. The summed E-state index contributed by atoms with van der Waals surface area (Å²) in [6.45, 7) is 6.21. The molecule has 1 amide bonds. The Balaban J connectivity index is 2.07. The highest BCUT2D eigenvalue weighted by Crippen LogP contribution is 2.21. The number of nitrogens with zero attached hydrogens (tertiary/aromatic N) is 2.